The van der Waals surface area contributed by atoms with Crippen LogP contribution in [0, 0.1) is 0 Å². The van der Waals surface area contributed by atoms with Crippen molar-refractivity contribution >= 4 is 41.8 Å². The Kier molecular flexibility index (Phi) is 6.70. The Labute approximate surface area is 171 Å². The van der Waals surface area contributed by atoms with Gasteiger partial charge in [-0.1, -0.05) is 69.1 Å². The van der Waals surface area contributed by atoms with Crippen molar-refractivity contribution < 1.29 is 14.3 Å². The van der Waals surface area contributed by atoms with Gasteiger partial charge in [0.05, 0.1) is 12.0 Å². The summed E-state index contributed by atoms with van der Waals surface area (Å²) in [6.07, 6.45) is 1.29. The molecule has 0 spiro atoms. The molecule has 1 aromatic rings. The second-order valence-electron chi connectivity index (χ2n) is 8.42. The molecular weight excluding hydrogens is 432 g/mol. The van der Waals surface area contributed by atoms with Gasteiger partial charge in [0, 0.05) is 9.50 Å². The van der Waals surface area contributed by atoms with Crippen LogP contribution in [0.4, 0.5) is 0 Å². The molecule has 1 N–H and O–H groups in total. The van der Waals surface area contributed by atoms with Gasteiger partial charge in [-0.3, -0.25) is 4.79 Å². The molecule has 1 aliphatic carbocycles. The van der Waals surface area contributed by atoms with Gasteiger partial charge in [0.15, 0.2) is 0 Å². The lowest BCUT2D eigenvalue weighted by Gasteiger charge is -2.42. The van der Waals surface area contributed by atoms with Crippen molar-refractivity contribution in [2.75, 3.05) is 0 Å². The van der Waals surface area contributed by atoms with Crippen LogP contribution < -0.4 is 0 Å². The first kappa shape index (κ1) is 21.9. The zero-order chi connectivity index (χ0) is 19.9. The van der Waals surface area contributed by atoms with Gasteiger partial charge in [0.1, 0.15) is 0 Å². The summed E-state index contributed by atoms with van der Waals surface area (Å²) in [6, 6.07) is 3.76. The Morgan fingerprint density at radius 2 is 1.69 bits per heavy atom. The standard InChI is InChI=1S/C20H30BrClO3Si/c1-12(2)26(13(3)4,14(5)6)25-11-15-9-18(22)16(10-17(15)21)20(7-8-20)19(23)24/h9-10,12-14H,7-8,11H2,1-6H3,(H,23,24). The monoisotopic (exact) mass is 460 g/mol. The fourth-order valence-corrected chi connectivity index (χ4v) is 10.7. The maximum Gasteiger partial charge on any atom is 0.314 e. The number of carboxylic acids is 1. The highest BCUT2D eigenvalue weighted by Gasteiger charge is 2.53. The molecule has 1 saturated carbocycles. The van der Waals surface area contributed by atoms with E-state index in [9.17, 15) is 9.90 Å². The van der Waals surface area contributed by atoms with Gasteiger partial charge < -0.3 is 9.53 Å². The van der Waals surface area contributed by atoms with E-state index in [2.05, 4.69) is 57.5 Å². The number of carbonyl (C=O) groups is 1. The van der Waals surface area contributed by atoms with E-state index >= 15 is 0 Å². The predicted octanol–water partition coefficient (Wildman–Crippen LogP) is 6.91. The first-order valence-electron chi connectivity index (χ1n) is 9.34. The summed E-state index contributed by atoms with van der Waals surface area (Å²) in [5.41, 5.74) is 2.43. The third kappa shape index (κ3) is 3.78. The molecule has 2 rings (SSSR count). The minimum Gasteiger partial charge on any atom is -0.481 e. The van der Waals surface area contributed by atoms with Crippen LogP contribution in [0.15, 0.2) is 16.6 Å². The molecule has 146 valence electrons. The number of hydrogen-bond donors (Lipinski definition) is 1. The van der Waals surface area contributed by atoms with Gasteiger partial charge in [0.25, 0.3) is 0 Å². The van der Waals surface area contributed by atoms with Crippen LogP contribution in [0.2, 0.25) is 21.6 Å². The molecular formula is C20H30BrClO3Si. The zero-order valence-corrected chi connectivity index (χ0v) is 19.9. The smallest absolute Gasteiger partial charge is 0.314 e. The van der Waals surface area contributed by atoms with E-state index < -0.39 is 19.7 Å². The van der Waals surface area contributed by atoms with Crippen molar-refractivity contribution in [2.24, 2.45) is 0 Å². The van der Waals surface area contributed by atoms with Crippen molar-refractivity contribution in [1.82, 2.24) is 0 Å². The molecule has 0 radical (unpaired) electrons. The number of rotatable bonds is 8. The van der Waals surface area contributed by atoms with Gasteiger partial charge in [-0.05, 0) is 52.7 Å². The fourth-order valence-electron chi connectivity index (χ4n) is 4.49. The molecule has 0 heterocycles. The average Bonchev–Trinajstić information content (AvgIpc) is 3.31. The average molecular weight is 462 g/mol. The van der Waals surface area contributed by atoms with Gasteiger partial charge in [-0.15, -0.1) is 0 Å². The Morgan fingerprint density at radius 1 is 1.19 bits per heavy atom. The molecule has 0 unspecified atom stereocenters. The second-order valence-corrected chi connectivity index (χ2v) is 15.1. The number of benzene rings is 1. The summed E-state index contributed by atoms with van der Waals surface area (Å²) in [6.45, 7) is 14.1. The number of halogens is 2. The van der Waals surface area contributed by atoms with E-state index in [0.717, 1.165) is 10.0 Å². The van der Waals surface area contributed by atoms with E-state index in [1.54, 1.807) is 0 Å². The molecule has 1 fully saturated rings. The highest BCUT2D eigenvalue weighted by atomic mass is 79.9. The maximum absolute atomic E-state index is 11.6. The molecule has 1 aliphatic rings. The molecule has 6 heteroatoms. The topological polar surface area (TPSA) is 46.5 Å². The summed E-state index contributed by atoms with van der Waals surface area (Å²) in [5.74, 6) is -0.791. The number of carboxylic acid groups (broad SMARTS) is 1. The van der Waals surface area contributed by atoms with Crippen LogP contribution >= 0.6 is 27.5 Å². The SMILES string of the molecule is CC(C)[Si](OCc1cc(Cl)c(C2(C(=O)O)CC2)cc1Br)(C(C)C)C(C)C. The summed E-state index contributed by atoms with van der Waals surface area (Å²) < 4.78 is 7.54. The van der Waals surface area contributed by atoms with Crippen molar-refractivity contribution in [1.29, 1.82) is 0 Å². The Balaban J connectivity index is 2.31. The molecule has 3 nitrogen and oxygen atoms in total. The van der Waals surface area contributed by atoms with Crippen LogP contribution in [-0.2, 0) is 21.2 Å². The van der Waals surface area contributed by atoms with Crippen molar-refractivity contribution in [3.05, 3.63) is 32.8 Å². The van der Waals surface area contributed by atoms with Gasteiger partial charge >= 0.3 is 5.97 Å². The van der Waals surface area contributed by atoms with Gasteiger partial charge in [-0.2, -0.15) is 0 Å². The first-order chi connectivity index (χ1) is 12.0. The summed E-state index contributed by atoms with van der Waals surface area (Å²) in [7, 11) is -1.96. The third-order valence-corrected chi connectivity index (χ3v) is 13.1. The largest absolute Gasteiger partial charge is 0.481 e. The van der Waals surface area contributed by atoms with Crippen molar-refractivity contribution in [2.45, 2.75) is 83.0 Å². The molecule has 0 bridgehead atoms. The van der Waals surface area contributed by atoms with Crippen LogP contribution in [0.1, 0.15) is 65.5 Å². The Hall–Kier alpha value is -0.363. The van der Waals surface area contributed by atoms with Gasteiger partial charge in [0.2, 0.25) is 8.32 Å². The lowest BCUT2D eigenvalue weighted by Crippen LogP contribution is -2.47. The Morgan fingerprint density at radius 3 is 2.08 bits per heavy atom. The van der Waals surface area contributed by atoms with E-state index in [-0.39, 0.29) is 0 Å². The van der Waals surface area contributed by atoms with E-state index in [1.165, 1.54) is 0 Å². The molecule has 0 aliphatic heterocycles. The summed E-state index contributed by atoms with van der Waals surface area (Å²) in [4.78, 5) is 11.6. The summed E-state index contributed by atoms with van der Waals surface area (Å²) in [5, 5.41) is 10.1. The predicted molar refractivity (Wildman–Crippen MR) is 114 cm³/mol. The van der Waals surface area contributed by atoms with Gasteiger partial charge in [-0.25, -0.2) is 0 Å². The van der Waals surface area contributed by atoms with E-state index in [0.29, 0.717) is 46.7 Å². The molecule has 0 amide bonds. The maximum atomic E-state index is 11.6. The van der Waals surface area contributed by atoms with Crippen LogP contribution in [-0.4, -0.2) is 19.4 Å². The molecule has 26 heavy (non-hydrogen) atoms. The van der Waals surface area contributed by atoms with Crippen LogP contribution in [0.5, 0.6) is 0 Å². The molecule has 0 atom stereocenters. The van der Waals surface area contributed by atoms with Crippen LogP contribution in [0.25, 0.3) is 0 Å². The second kappa shape index (κ2) is 7.94. The Bertz CT molecular complexity index is 662. The molecule has 0 saturated heterocycles. The van der Waals surface area contributed by atoms with Crippen LogP contribution in [0.3, 0.4) is 0 Å². The minimum atomic E-state index is -1.96. The summed E-state index contributed by atoms with van der Waals surface area (Å²) >= 11 is 10.1. The lowest BCUT2D eigenvalue weighted by molar-refractivity contribution is -0.140. The number of aliphatic carboxylic acids is 1. The minimum absolute atomic E-state index is 0.501. The highest BCUT2D eigenvalue weighted by Crippen LogP contribution is 2.52. The molecule has 1 aromatic carbocycles. The number of hydrogen-bond acceptors (Lipinski definition) is 2. The first-order valence-corrected chi connectivity index (χ1v) is 12.7. The quantitative estimate of drug-likeness (QED) is 0.428. The van der Waals surface area contributed by atoms with Crippen molar-refractivity contribution in [3.8, 4) is 0 Å². The van der Waals surface area contributed by atoms with E-state index in [4.69, 9.17) is 16.0 Å². The normalized spacial score (nSPS) is 16.6. The van der Waals surface area contributed by atoms with E-state index in [1.807, 2.05) is 12.1 Å². The lowest BCUT2D eigenvalue weighted by atomic mass is 9.95. The highest BCUT2D eigenvalue weighted by molar-refractivity contribution is 9.10. The third-order valence-electron chi connectivity index (χ3n) is 6.00. The van der Waals surface area contributed by atoms with Crippen molar-refractivity contribution in [3.63, 3.8) is 0 Å². The molecule has 0 aromatic heterocycles. The fraction of sp³-hybridized carbons (Fsp3) is 0.650. The zero-order valence-electron chi connectivity index (χ0n) is 16.5.